The van der Waals surface area contributed by atoms with E-state index in [4.69, 9.17) is 21.4 Å². The summed E-state index contributed by atoms with van der Waals surface area (Å²) in [7, 11) is 1.54. The van der Waals surface area contributed by atoms with Crippen molar-refractivity contribution < 1.29 is 14.6 Å². The highest BCUT2D eigenvalue weighted by Crippen LogP contribution is 2.26. The monoisotopic (exact) mass is 291 g/mol. The Labute approximate surface area is 122 Å². The number of nitrogens with one attached hydrogen (secondary N) is 1. The molecule has 0 amide bonds. The molecule has 0 atom stereocenters. The summed E-state index contributed by atoms with van der Waals surface area (Å²) in [4.78, 5) is 11.0. The number of hydrogen-bond donors (Lipinski definition) is 2. The quantitative estimate of drug-likeness (QED) is 0.882. The summed E-state index contributed by atoms with van der Waals surface area (Å²) in [5.74, 6) is -0.379. The van der Waals surface area contributed by atoms with Crippen molar-refractivity contribution in [3.63, 3.8) is 0 Å². The van der Waals surface area contributed by atoms with E-state index in [1.54, 1.807) is 25.3 Å². The molecule has 2 aromatic carbocycles. The minimum atomic E-state index is -0.974. The highest BCUT2D eigenvalue weighted by atomic mass is 35.5. The fourth-order valence-corrected chi connectivity index (χ4v) is 2.04. The van der Waals surface area contributed by atoms with Crippen molar-refractivity contribution in [3.8, 4) is 5.75 Å². The summed E-state index contributed by atoms with van der Waals surface area (Å²) in [6, 6.07) is 12.1. The minimum Gasteiger partial charge on any atom is -0.495 e. The normalized spacial score (nSPS) is 10.1. The topological polar surface area (TPSA) is 58.6 Å². The number of carboxylic acids is 1. The molecule has 0 unspecified atom stereocenters. The Hall–Kier alpha value is -2.20. The van der Waals surface area contributed by atoms with Gasteiger partial charge in [-0.2, -0.15) is 0 Å². The van der Waals surface area contributed by atoms with Crippen molar-refractivity contribution in [2.45, 2.75) is 6.54 Å². The number of hydrogen-bond acceptors (Lipinski definition) is 3. The lowest BCUT2D eigenvalue weighted by atomic mass is 10.1. The second-order valence-corrected chi connectivity index (χ2v) is 4.64. The third-order valence-electron chi connectivity index (χ3n) is 2.82. The zero-order valence-corrected chi connectivity index (χ0v) is 11.6. The van der Waals surface area contributed by atoms with Crippen LogP contribution in [0.1, 0.15) is 15.9 Å². The first-order chi connectivity index (χ1) is 9.60. The predicted molar refractivity (Wildman–Crippen MR) is 78.7 cm³/mol. The molecule has 0 aliphatic heterocycles. The number of aromatic carboxylic acids is 1. The zero-order valence-electron chi connectivity index (χ0n) is 10.9. The Kier molecular flexibility index (Phi) is 4.48. The number of carbonyl (C=O) groups is 1. The molecule has 4 nitrogen and oxygen atoms in total. The summed E-state index contributed by atoms with van der Waals surface area (Å²) in [5.41, 5.74) is 1.84. The molecule has 104 valence electrons. The molecule has 2 N–H and O–H groups in total. The van der Waals surface area contributed by atoms with Crippen LogP contribution in [0.4, 0.5) is 5.69 Å². The molecule has 0 bridgehead atoms. The second kappa shape index (κ2) is 6.30. The molecule has 2 aromatic rings. The van der Waals surface area contributed by atoms with E-state index >= 15 is 0 Å². The van der Waals surface area contributed by atoms with E-state index in [1.165, 1.54) is 6.07 Å². The number of ether oxygens (including phenoxy) is 1. The molecule has 0 aliphatic carbocycles. The van der Waals surface area contributed by atoms with Gasteiger partial charge in [-0.15, -0.1) is 0 Å². The second-order valence-electron chi connectivity index (χ2n) is 4.20. The minimum absolute atomic E-state index is 0.208. The van der Waals surface area contributed by atoms with Crippen LogP contribution in [0.5, 0.6) is 5.75 Å². The van der Waals surface area contributed by atoms with Crippen molar-refractivity contribution in [1.82, 2.24) is 0 Å². The third-order valence-corrected chi connectivity index (χ3v) is 3.05. The van der Waals surface area contributed by atoms with Gasteiger partial charge in [0, 0.05) is 11.6 Å². The Morgan fingerprint density at radius 1 is 1.30 bits per heavy atom. The lowest BCUT2D eigenvalue weighted by Gasteiger charge is -2.12. The van der Waals surface area contributed by atoms with Crippen LogP contribution in [0.2, 0.25) is 5.02 Å². The summed E-state index contributed by atoms with van der Waals surface area (Å²) >= 11 is 5.92. The molecule has 0 saturated carbocycles. The van der Waals surface area contributed by atoms with Crippen molar-refractivity contribution in [2.75, 3.05) is 12.4 Å². The molecule has 0 aliphatic rings. The summed E-state index contributed by atoms with van der Waals surface area (Å²) in [5, 5.41) is 12.8. The molecule has 5 heteroatoms. The Morgan fingerprint density at radius 3 is 2.75 bits per heavy atom. The summed E-state index contributed by atoms with van der Waals surface area (Å²) in [6.07, 6.45) is 0. The van der Waals surface area contributed by atoms with E-state index in [2.05, 4.69) is 5.32 Å². The van der Waals surface area contributed by atoms with E-state index in [0.717, 1.165) is 5.56 Å². The first kappa shape index (κ1) is 14.2. The average molecular weight is 292 g/mol. The van der Waals surface area contributed by atoms with Gasteiger partial charge in [-0.25, -0.2) is 4.79 Å². The standard InChI is InChI=1S/C15H14ClNO3/c1-20-14-6-5-11(15(18)19)8-13(14)17-9-10-3-2-4-12(16)7-10/h2-8,17H,9H2,1H3,(H,18,19). The van der Waals surface area contributed by atoms with Gasteiger partial charge >= 0.3 is 5.97 Å². The largest absolute Gasteiger partial charge is 0.495 e. The zero-order chi connectivity index (χ0) is 14.5. The van der Waals surface area contributed by atoms with Crippen LogP contribution in [-0.2, 0) is 6.54 Å². The van der Waals surface area contributed by atoms with Crippen molar-refractivity contribution in [1.29, 1.82) is 0 Å². The maximum absolute atomic E-state index is 11.0. The fourth-order valence-electron chi connectivity index (χ4n) is 1.82. The number of methoxy groups -OCH3 is 1. The molecule has 0 saturated heterocycles. The fraction of sp³-hybridized carbons (Fsp3) is 0.133. The van der Waals surface area contributed by atoms with Crippen LogP contribution in [-0.4, -0.2) is 18.2 Å². The van der Waals surface area contributed by atoms with Gasteiger partial charge in [0.2, 0.25) is 0 Å². The Bertz CT molecular complexity index is 628. The van der Waals surface area contributed by atoms with Crippen LogP contribution in [0.15, 0.2) is 42.5 Å². The van der Waals surface area contributed by atoms with Crippen LogP contribution in [0.3, 0.4) is 0 Å². The lowest BCUT2D eigenvalue weighted by molar-refractivity contribution is 0.0697. The molecular formula is C15H14ClNO3. The van der Waals surface area contributed by atoms with E-state index in [-0.39, 0.29) is 5.56 Å². The van der Waals surface area contributed by atoms with Crippen LogP contribution in [0, 0.1) is 0 Å². The number of carboxylic acid groups (broad SMARTS) is 1. The molecule has 0 aromatic heterocycles. The van der Waals surface area contributed by atoms with Gasteiger partial charge in [0.05, 0.1) is 18.4 Å². The molecule has 0 spiro atoms. The number of anilines is 1. The molecule has 2 rings (SSSR count). The molecule has 20 heavy (non-hydrogen) atoms. The number of benzene rings is 2. The van der Waals surface area contributed by atoms with Gasteiger partial charge in [0.1, 0.15) is 5.75 Å². The van der Waals surface area contributed by atoms with Crippen molar-refractivity contribution in [3.05, 3.63) is 58.6 Å². The lowest BCUT2D eigenvalue weighted by Crippen LogP contribution is -2.04. The third kappa shape index (κ3) is 3.42. The Balaban J connectivity index is 2.19. The van der Waals surface area contributed by atoms with Crippen molar-refractivity contribution in [2.24, 2.45) is 0 Å². The van der Waals surface area contributed by atoms with Gasteiger partial charge in [-0.1, -0.05) is 23.7 Å². The smallest absolute Gasteiger partial charge is 0.335 e. The van der Waals surface area contributed by atoms with Gasteiger partial charge in [0.15, 0.2) is 0 Å². The van der Waals surface area contributed by atoms with E-state index < -0.39 is 5.97 Å². The first-order valence-corrected chi connectivity index (χ1v) is 6.37. The average Bonchev–Trinajstić information content (AvgIpc) is 2.44. The number of halogens is 1. The van der Waals surface area contributed by atoms with Crippen molar-refractivity contribution >= 4 is 23.3 Å². The van der Waals surface area contributed by atoms with E-state index in [9.17, 15) is 4.79 Å². The number of rotatable bonds is 5. The highest BCUT2D eigenvalue weighted by molar-refractivity contribution is 6.30. The SMILES string of the molecule is COc1ccc(C(=O)O)cc1NCc1cccc(Cl)c1. The van der Waals surface area contributed by atoms with Gasteiger partial charge in [0.25, 0.3) is 0 Å². The summed E-state index contributed by atoms with van der Waals surface area (Å²) in [6.45, 7) is 0.528. The van der Waals surface area contributed by atoms with Crippen LogP contribution >= 0.6 is 11.6 Å². The van der Waals surface area contributed by atoms with Gasteiger partial charge in [-0.05, 0) is 35.9 Å². The maximum Gasteiger partial charge on any atom is 0.335 e. The highest BCUT2D eigenvalue weighted by Gasteiger charge is 2.08. The first-order valence-electron chi connectivity index (χ1n) is 6.00. The molecule has 0 heterocycles. The molecule has 0 fully saturated rings. The van der Waals surface area contributed by atoms with E-state index in [0.29, 0.717) is 23.0 Å². The van der Waals surface area contributed by atoms with Crippen LogP contribution in [0.25, 0.3) is 0 Å². The molecular weight excluding hydrogens is 278 g/mol. The van der Waals surface area contributed by atoms with Crippen LogP contribution < -0.4 is 10.1 Å². The Morgan fingerprint density at radius 2 is 2.10 bits per heavy atom. The maximum atomic E-state index is 11.0. The predicted octanol–water partition coefficient (Wildman–Crippen LogP) is 3.66. The summed E-state index contributed by atoms with van der Waals surface area (Å²) < 4.78 is 5.21. The molecule has 0 radical (unpaired) electrons. The van der Waals surface area contributed by atoms with Gasteiger partial charge < -0.3 is 15.2 Å². The van der Waals surface area contributed by atoms with E-state index in [1.807, 2.05) is 18.2 Å². The van der Waals surface area contributed by atoms with Gasteiger partial charge in [-0.3, -0.25) is 0 Å².